The van der Waals surface area contributed by atoms with Gasteiger partial charge in [-0.1, -0.05) is 0 Å². The molecule has 0 aliphatic carbocycles. The molecule has 1 heterocycles. The van der Waals surface area contributed by atoms with Gasteiger partial charge in [0.25, 0.3) is 5.91 Å². The van der Waals surface area contributed by atoms with Gasteiger partial charge in [0.05, 0.1) is 6.61 Å². The average molecular weight is 296 g/mol. The third kappa shape index (κ3) is 4.24. The molecular formula is C14H20N2O5. The van der Waals surface area contributed by atoms with Crippen LogP contribution < -0.4 is 24.8 Å². The Balaban J connectivity index is 1.96. The van der Waals surface area contributed by atoms with Crippen LogP contribution in [0.5, 0.6) is 17.2 Å². The summed E-state index contributed by atoms with van der Waals surface area (Å²) in [5.74, 6) is 1.73. The van der Waals surface area contributed by atoms with Crippen LogP contribution in [-0.4, -0.2) is 46.6 Å². The molecule has 0 spiro atoms. The first-order chi connectivity index (χ1) is 10.2. The van der Waals surface area contributed by atoms with Crippen molar-refractivity contribution in [3.8, 4) is 17.2 Å². The number of benzene rings is 1. The van der Waals surface area contributed by atoms with E-state index in [2.05, 4.69) is 10.6 Å². The maximum absolute atomic E-state index is 11.6. The zero-order valence-corrected chi connectivity index (χ0v) is 12.2. The van der Waals surface area contributed by atoms with Gasteiger partial charge in [0.1, 0.15) is 5.75 Å². The highest BCUT2D eigenvalue weighted by Crippen LogP contribution is 2.38. The fourth-order valence-electron chi connectivity index (χ4n) is 1.92. The quantitative estimate of drug-likeness (QED) is 0.671. The molecule has 7 nitrogen and oxygen atoms in total. The summed E-state index contributed by atoms with van der Waals surface area (Å²) in [6.07, 6.45) is 0. The molecule has 1 aromatic carbocycles. The van der Waals surface area contributed by atoms with Crippen molar-refractivity contribution in [1.82, 2.24) is 10.6 Å². The molecule has 0 fully saturated rings. The van der Waals surface area contributed by atoms with Crippen molar-refractivity contribution in [2.45, 2.75) is 6.54 Å². The topological polar surface area (TPSA) is 78.1 Å². The second kappa shape index (κ2) is 7.70. The summed E-state index contributed by atoms with van der Waals surface area (Å²) in [7, 11) is 3.42. The Hall–Kier alpha value is -1.99. The Bertz CT molecular complexity index is 492. The first-order valence-electron chi connectivity index (χ1n) is 6.70. The highest BCUT2D eigenvalue weighted by Gasteiger charge is 2.18. The van der Waals surface area contributed by atoms with Crippen molar-refractivity contribution in [2.75, 3.05) is 40.7 Å². The van der Waals surface area contributed by atoms with Gasteiger partial charge in [-0.2, -0.15) is 0 Å². The summed E-state index contributed by atoms with van der Waals surface area (Å²) >= 11 is 0. The standard InChI is InChI=1S/C14H20N2O5/c1-15-7-10-5-12-13(21-9-20-12)6-11(10)19-8-14(17)16-3-4-18-2/h5-6,15H,3-4,7-9H2,1-2H3,(H,16,17). The van der Waals surface area contributed by atoms with Crippen molar-refractivity contribution < 1.29 is 23.7 Å². The predicted molar refractivity (Wildman–Crippen MR) is 75.7 cm³/mol. The van der Waals surface area contributed by atoms with Crippen LogP contribution in [-0.2, 0) is 16.1 Å². The van der Waals surface area contributed by atoms with E-state index in [1.54, 1.807) is 13.2 Å². The lowest BCUT2D eigenvalue weighted by atomic mass is 10.1. The Labute approximate surface area is 123 Å². The highest BCUT2D eigenvalue weighted by molar-refractivity contribution is 5.77. The van der Waals surface area contributed by atoms with Gasteiger partial charge < -0.3 is 29.6 Å². The van der Waals surface area contributed by atoms with Crippen LogP contribution in [0.4, 0.5) is 0 Å². The Morgan fingerprint density at radius 2 is 2.10 bits per heavy atom. The third-order valence-electron chi connectivity index (χ3n) is 2.91. The Kier molecular flexibility index (Phi) is 5.65. The van der Waals surface area contributed by atoms with Crippen LogP contribution in [0.1, 0.15) is 5.56 Å². The van der Waals surface area contributed by atoms with Gasteiger partial charge in [0, 0.05) is 31.8 Å². The molecule has 2 N–H and O–H groups in total. The Morgan fingerprint density at radius 3 is 2.81 bits per heavy atom. The minimum atomic E-state index is -0.194. The average Bonchev–Trinajstić information content (AvgIpc) is 2.92. The van der Waals surface area contributed by atoms with E-state index in [-0.39, 0.29) is 19.3 Å². The molecule has 1 aliphatic rings. The van der Waals surface area contributed by atoms with Crippen molar-refractivity contribution in [1.29, 1.82) is 0 Å². The molecule has 2 rings (SSSR count). The van der Waals surface area contributed by atoms with E-state index in [0.29, 0.717) is 36.9 Å². The van der Waals surface area contributed by atoms with E-state index in [1.807, 2.05) is 13.1 Å². The molecule has 0 saturated heterocycles. The van der Waals surface area contributed by atoms with E-state index < -0.39 is 0 Å². The molecule has 1 amide bonds. The van der Waals surface area contributed by atoms with Crippen molar-refractivity contribution >= 4 is 5.91 Å². The summed E-state index contributed by atoms with van der Waals surface area (Å²) in [5.41, 5.74) is 0.909. The van der Waals surface area contributed by atoms with Gasteiger partial charge in [-0.15, -0.1) is 0 Å². The van der Waals surface area contributed by atoms with Crippen LogP contribution in [0, 0.1) is 0 Å². The van der Waals surface area contributed by atoms with Gasteiger partial charge in [-0.25, -0.2) is 0 Å². The Morgan fingerprint density at radius 1 is 1.33 bits per heavy atom. The van der Waals surface area contributed by atoms with Gasteiger partial charge in [0.15, 0.2) is 18.1 Å². The smallest absolute Gasteiger partial charge is 0.258 e. The van der Waals surface area contributed by atoms with Gasteiger partial charge in [-0.3, -0.25) is 4.79 Å². The summed E-state index contributed by atoms with van der Waals surface area (Å²) in [6, 6.07) is 3.61. The van der Waals surface area contributed by atoms with E-state index in [9.17, 15) is 4.79 Å². The maximum atomic E-state index is 11.6. The lowest BCUT2D eigenvalue weighted by Crippen LogP contribution is -2.31. The van der Waals surface area contributed by atoms with E-state index in [1.165, 1.54) is 0 Å². The molecule has 0 atom stereocenters. The summed E-state index contributed by atoms with van der Waals surface area (Å²) in [4.78, 5) is 11.6. The molecule has 116 valence electrons. The van der Waals surface area contributed by atoms with Crippen LogP contribution in [0.3, 0.4) is 0 Å². The molecule has 1 aromatic rings. The number of carbonyl (C=O) groups excluding carboxylic acids is 1. The molecule has 0 radical (unpaired) electrons. The summed E-state index contributed by atoms with van der Waals surface area (Å²) in [5, 5.41) is 5.75. The summed E-state index contributed by atoms with van der Waals surface area (Å²) < 4.78 is 21.1. The normalized spacial score (nSPS) is 12.3. The van der Waals surface area contributed by atoms with Crippen LogP contribution >= 0.6 is 0 Å². The number of fused-ring (bicyclic) bond motifs is 1. The number of ether oxygens (including phenoxy) is 4. The molecule has 0 aromatic heterocycles. The lowest BCUT2D eigenvalue weighted by molar-refractivity contribution is -0.123. The number of nitrogens with one attached hydrogen (secondary N) is 2. The van der Waals surface area contributed by atoms with E-state index in [4.69, 9.17) is 18.9 Å². The predicted octanol–water partition coefficient (Wildman–Crippen LogP) is 0.276. The van der Waals surface area contributed by atoms with Crippen LogP contribution in [0.2, 0.25) is 0 Å². The molecule has 0 saturated carbocycles. The first-order valence-corrected chi connectivity index (χ1v) is 6.70. The highest BCUT2D eigenvalue weighted by atomic mass is 16.7. The zero-order valence-electron chi connectivity index (χ0n) is 12.2. The van der Waals surface area contributed by atoms with Gasteiger partial charge >= 0.3 is 0 Å². The minimum absolute atomic E-state index is 0.0555. The van der Waals surface area contributed by atoms with Gasteiger partial charge in [0.2, 0.25) is 6.79 Å². The molecule has 21 heavy (non-hydrogen) atoms. The number of carbonyl (C=O) groups is 1. The van der Waals surface area contributed by atoms with Crippen molar-refractivity contribution in [3.05, 3.63) is 17.7 Å². The number of rotatable bonds is 8. The number of hydrogen-bond acceptors (Lipinski definition) is 6. The first kappa shape index (κ1) is 15.4. The molecule has 7 heteroatoms. The second-order valence-electron chi connectivity index (χ2n) is 4.47. The minimum Gasteiger partial charge on any atom is -0.483 e. The molecular weight excluding hydrogens is 276 g/mol. The van der Waals surface area contributed by atoms with Crippen LogP contribution in [0.15, 0.2) is 12.1 Å². The number of amides is 1. The maximum Gasteiger partial charge on any atom is 0.258 e. The van der Waals surface area contributed by atoms with E-state index in [0.717, 1.165) is 5.56 Å². The SMILES string of the molecule is CNCc1cc2c(cc1OCC(=O)NCCOC)OCO2. The number of hydrogen-bond donors (Lipinski definition) is 2. The fourth-order valence-corrected chi connectivity index (χ4v) is 1.92. The summed E-state index contributed by atoms with van der Waals surface area (Å²) in [6.45, 7) is 1.69. The number of methoxy groups -OCH3 is 1. The lowest BCUT2D eigenvalue weighted by Gasteiger charge is -2.12. The van der Waals surface area contributed by atoms with E-state index >= 15 is 0 Å². The monoisotopic (exact) mass is 296 g/mol. The third-order valence-corrected chi connectivity index (χ3v) is 2.91. The zero-order chi connectivity index (χ0) is 15.1. The molecule has 0 unspecified atom stereocenters. The van der Waals surface area contributed by atoms with Crippen molar-refractivity contribution in [2.24, 2.45) is 0 Å². The fraction of sp³-hybridized carbons (Fsp3) is 0.500. The van der Waals surface area contributed by atoms with Crippen molar-refractivity contribution in [3.63, 3.8) is 0 Å². The largest absolute Gasteiger partial charge is 0.483 e. The molecule has 1 aliphatic heterocycles. The second-order valence-corrected chi connectivity index (χ2v) is 4.47. The molecule has 0 bridgehead atoms. The van der Waals surface area contributed by atoms with Crippen LogP contribution in [0.25, 0.3) is 0 Å². The van der Waals surface area contributed by atoms with Gasteiger partial charge in [-0.05, 0) is 13.1 Å².